The van der Waals surface area contributed by atoms with E-state index in [0.717, 1.165) is 26.2 Å². The molecule has 0 aromatic carbocycles. The summed E-state index contributed by atoms with van der Waals surface area (Å²) < 4.78 is 35.9. The maximum atomic E-state index is 12.0. The molecule has 20 heavy (non-hydrogen) atoms. The summed E-state index contributed by atoms with van der Waals surface area (Å²) >= 11 is 1.97. The highest BCUT2D eigenvalue weighted by molar-refractivity contribution is 7.99. The van der Waals surface area contributed by atoms with Gasteiger partial charge in [-0.3, -0.25) is 14.6 Å². The number of hydrogen-bond donors (Lipinski definition) is 1. The van der Waals surface area contributed by atoms with Gasteiger partial charge in [0.25, 0.3) is 0 Å². The minimum atomic E-state index is -4.34. The summed E-state index contributed by atoms with van der Waals surface area (Å²) in [6, 6.07) is 0.640. The van der Waals surface area contributed by atoms with Crippen molar-refractivity contribution in [3.8, 4) is 0 Å². The van der Waals surface area contributed by atoms with Crippen LogP contribution in [-0.4, -0.2) is 78.7 Å². The minimum absolute atomic E-state index is 0.0589. The number of hydrogen-bond acceptors (Lipinski definition) is 4. The fraction of sp³-hybridized carbons (Fsp3) is 0.917. The number of halogens is 3. The van der Waals surface area contributed by atoms with E-state index in [-0.39, 0.29) is 6.54 Å². The van der Waals surface area contributed by atoms with E-state index < -0.39 is 18.6 Å². The molecule has 0 aromatic heterocycles. The predicted molar refractivity (Wildman–Crippen MR) is 72.8 cm³/mol. The van der Waals surface area contributed by atoms with Crippen LogP contribution in [-0.2, 0) is 4.79 Å². The molecule has 116 valence electrons. The highest BCUT2D eigenvalue weighted by Gasteiger charge is 2.29. The molecule has 1 amide bonds. The molecule has 0 bridgehead atoms. The molecule has 2 aliphatic rings. The molecule has 8 heteroatoms. The molecule has 2 heterocycles. The molecule has 0 aromatic rings. The summed E-state index contributed by atoms with van der Waals surface area (Å²) in [5, 5.41) is 1.91. The van der Waals surface area contributed by atoms with E-state index in [1.165, 1.54) is 17.9 Å². The van der Waals surface area contributed by atoms with Crippen molar-refractivity contribution in [2.45, 2.75) is 18.6 Å². The Bertz CT molecular complexity index is 326. The van der Waals surface area contributed by atoms with Gasteiger partial charge in [-0.1, -0.05) is 0 Å². The SMILES string of the molecule is O=C(CN1CCN([C@H]2CCSC2)CC1)NCC(F)(F)F. The Morgan fingerprint density at radius 3 is 2.50 bits per heavy atom. The molecule has 2 fully saturated rings. The van der Waals surface area contributed by atoms with Crippen molar-refractivity contribution >= 4 is 17.7 Å². The van der Waals surface area contributed by atoms with Gasteiger partial charge in [0.2, 0.25) is 5.91 Å². The summed E-state index contributed by atoms with van der Waals surface area (Å²) in [5.74, 6) is 1.84. The van der Waals surface area contributed by atoms with Gasteiger partial charge in [-0.2, -0.15) is 24.9 Å². The number of carbonyl (C=O) groups is 1. The Labute approximate surface area is 121 Å². The van der Waals surface area contributed by atoms with Gasteiger partial charge < -0.3 is 5.32 Å². The number of rotatable bonds is 4. The molecule has 2 rings (SSSR count). The van der Waals surface area contributed by atoms with Gasteiger partial charge in [0, 0.05) is 38.0 Å². The lowest BCUT2D eigenvalue weighted by molar-refractivity contribution is -0.139. The van der Waals surface area contributed by atoms with Gasteiger partial charge in [0.1, 0.15) is 6.54 Å². The zero-order chi connectivity index (χ0) is 14.6. The molecule has 0 spiro atoms. The molecule has 4 nitrogen and oxygen atoms in total. The molecular formula is C12H20F3N3OS. The van der Waals surface area contributed by atoms with Crippen molar-refractivity contribution in [1.82, 2.24) is 15.1 Å². The topological polar surface area (TPSA) is 35.6 Å². The zero-order valence-corrected chi connectivity index (χ0v) is 12.1. The van der Waals surface area contributed by atoms with Crippen LogP contribution in [0.1, 0.15) is 6.42 Å². The molecule has 2 saturated heterocycles. The van der Waals surface area contributed by atoms with Crippen LogP contribution in [0.15, 0.2) is 0 Å². The first kappa shape index (κ1) is 15.9. The van der Waals surface area contributed by atoms with Gasteiger partial charge in [-0.15, -0.1) is 0 Å². The lowest BCUT2D eigenvalue weighted by atomic mass is 10.2. The Balaban J connectivity index is 1.65. The lowest BCUT2D eigenvalue weighted by Crippen LogP contribution is -2.52. The van der Waals surface area contributed by atoms with Crippen LogP contribution in [0.5, 0.6) is 0 Å². The summed E-state index contributed by atoms with van der Waals surface area (Å²) in [5.41, 5.74) is 0. The van der Waals surface area contributed by atoms with E-state index >= 15 is 0 Å². The third kappa shape index (κ3) is 5.14. The Kier molecular flexibility index (Phi) is 5.57. The fourth-order valence-electron chi connectivity index (χ4n) is 2.55. The quantitative estimate of drug-likeness (QED) is 0.833. The third-order valence-corrected chi connectivity index (χ3v) is 4.83. The predicted octanol–water partition coefficient (Wildman–Crippen LogP) is 0.788. The van der Waals surface area contributed by atoms with E-state index in [2.05, 4.69) is 4.90 Å². The standard InChI is InChI=1S/C12H20F3N3OS/c13-12(14,15)9-16-11(19)7-17-2-4-18(5-3-17)10-1-6-20-8-10/h10H,1-9H2,(H,16,19)/t10-/m0/s1. The van der Waals surface area contributed by atoms with Gasteiger partial charge >= 0.3 is 6.18 Å². The molecule has 0 saturated carbocycles. The van der Waals surface area contributed by atoms with Crippen LogP contribution < -0.4 is 5.32 Å². The summed E-state index contributed by atoms with van der Waals surface area (Å²) in [7, 11) is 0. The first-order valence-electron chi connectivity index (χ1n) is 6.81. The number of nitrogens with zero attached hydrogens (tertiary/aromatic N) is 2. The van der Waals surface area contributed by atoms with Crippen molar-refractivity contribution < 1.29 is 18.0 Å². The van der Waals surface area contributed by atoms with E-state index in [1.54, 1.807) is 0 Å². The number of amides is 1. The van der Waals surface area contributed by atoms with Crippen molar-refractivity contribution in [2.24, 2.45) is 0 Å². The van der Waals surface area contributed by atoms with Gasteiger partial charge in [0.05, 0.1) is 6.54 Å². The van der Waals surface area contributed by atoms with Crippen molar-refractivity contribution in [3.63, 3.8) is 0 Å². The van der Waals surface area contributed by atoms with Crippen LogP contribution >= 0.6 is 11.8 Å². The summed E-state index contributed by atoms with van der Waals surface area (Å²) in [6.07, 6.45) is -3.12. The molecular weight excluding hydrogens is 291 g/mol. The molecule has 0 unspecified atom stereocenters. The molecule has 2 aliphatic heterocycles. The smallest absolute Gasteiger partial charge is 0.346 e. The zero-order valence-electron chi connectivity index (χ0n) is 11.3. The van der Waals surface area contributed by atoms with E-state index in [9.17, 15) is 18.0 Å². The first-order valence-corrected chi connectivity index (χ1v) is 7.97. The maximum Gasteiger partial charge on any atom is 0.405 e. The fourth-order valence-corrected chi connectivity index (χ4v) is 3.81. The molecule has 1 atom stereocenters. The Morgan fingerprint density at radius 1 is 1.25 bits per heavy atom. The number of carbonyl (C=O) groups excluding carboxylic acids is 1. The maximum absolute atomic E-state index is 12.0. The number of alkyl halides is 3. The van der Waals surface area contributed by atoms with Crippen molar-refractivity contribution in [3.05, 3.63) is 0 Å². The van der Waals surface area contributed by atoms with Crippen LogP contribution in [0.25, 0.3) is 0 Å². The second-order valence-corrected chi connectivity index (χ2v) is 6.37. The van der Waals surface area contributed by atoms with Gasteiger partial charge in [-0.05, 0) is 12.2 Å². The Morgan fingerprint density at radius 2 is 1.95 bits per heavy atom. The van der Waals surface area contributed by atoms with Crippen LogP contribution in [0.2, 0.25) is 0 Å². The van der Waals surface area contributed by atoms with Crippen molar-refractivity contribution in [2.75, 3.05) is 50.8 Å². The second-order valence-electron chi connectivity index (χ2n) is 5.22. The van der Waals surface area contributed by atoms with Crippen LogP contribution in [0, 0.1) is 0 Å². The van der Waals surface area contributed by atoms with Crippen LogP contribution in [0.4, 0.5) is 13.2 Å². The highest BCUT2D eigenvalue weighted by atomic mass is 32.2. The normalized spacial score (nSPS) is 25.9. The molecule has 1 N–H and O–H groups in total. The number of piperazine rings is 1. The van der Waals surface area contributed by atoms with Crippen LogP contribution in [0.3, 0.4) is 0 Å². The average molecular weight is 311 g/mol. The van der Waals surface area contributed by atoms with Gasteiger partial charge in [-0.25, -0.2) is 0 Å². The van der Waals surface area contributed by atoms with E-state index in [0.29, 0.717) is 6.04 Å². The number of thioether (sulfide) groups is 1. The number of nitrogens with one attached hydrogen (secondary N) is 1. The highest BCUT2D eigenvalue weighted by Crippen LogP contribution is 2.23. The molecule has 0 aliphatic carbocycles. The second kappa shape index (κ2) is 7.00. The largest absolute Gasteiger partial charge is 0.405 e. The first-order chi connectivity index (χ1) is 9.44. The molecule has 0 radical (unpaired) electrons. The third-order valence-electron chi connectivity index (χ3n) is 3.68. The summed E-state index contributed by atoms with van der Waals surface area (Å²) in [4.78, 5) is 15.8. The minimum Gasteiger partial charge on any atom is -0.346 e. The monoisotopic (exact) mass is 311 g/mol. The average Bonchev–Trinajstić information content (AvgIpc) is 2.90. The lowest BCUT2D eigenvalue weighted by Gasteiger charge is -2.37. The van der Waals surface area contributed by atoms with Gasteiger partial charge in [0.15, 0.2) is 0 Å². The van der Waals surface area contributed by atoms with E-state index in [1.807, 2.05) is 22.0 Å². The van der Waals surface area contributed by atoms with Crippen molar-refractivity contribution in [1.29, 1.82) is 0 Å². The Hall–Kier alpha value is -0.470. The van der Waals surface area contributed by atoms with E-state index in [4.69, 9.17) is 0 Å². The summed E-state index contributed by atoms with van der Waals surface area (Å²) in [6.45, 7) is 2.12.